The molecule has 2 atom stereocenters. The van der Waals surface area contributed by atoms with Gasteiger partial charge < -0.3 is 16.0 Å². The maximum atomic E-state index is 12.2. The topological polar surface area (TPSA) is 75.4 Å². The van der Waals surface area contributed by atoms with Gasteiger partial charge in [-0.05, 0) is 32.6 Å². The van der Waals surface area contributed by atoms with Crippen molar-refractivity contribution in [3.8, 4) is 0 Å². The molecule has 0 aromatic carbocycles. The molecule has 108 valence electrons. The SMILES string of the molecule is CCC(C(=O)NC(C)C(=O)N1CCCCC1)C(N)=S. The predicted octanol–water partition coefficient (Wildman–Crippen LogP) is 0.816. The number of thiocarbonyl (C=S) groups is 1. The van der Waals surface area contributed by atoms with Crippen LogP contribution in [-0.4, -0.2) is 40.8 Å². The standard InChI is InChI=1S/C13H23N3O2S/c1-3-10(11(14)19)12(17)15-9(2)13(18)16-7-5-4-6-8-16/h9-10H,3-8H2,1-2H3,(H2,14,19)(H,15,17). The zero-order valence-corrected chi connectivity index (χ0v) is 12.5. The van der Waals surface area contributed by atoms with Crippen LogP contribution in [0, 0.1) is 5.92 Å². The molecule has 5 nitrogen and oxygen atoms in total. The highest BCUT2D eigenvalue weighted by Gasteiger charge is 2.26. The lowest BCUT2D eigenvalue weighted by molar-refractivity contribution is -0.137. The van der Waals surface area contributed by atoms with Crippen molar-refractivity contribution < 1.29 is 9.59 Å². The molecule has 0 saturated carbocycles. The van der Waals surface area contributed by atoms with Gasteiger partial charge in [0.15, 0.2) is 0 Å². The summed E-state index contributed by atoms with van der Waals surface area (Å²) in [6.45, 7) is 5.12. The number of nitrogens with one attached hydrogen (secondary N) is 1. The van der Waals surface area contributed by atoms with E-state index in [1.165, 1.54) is 6.42 Å². The van der Waals surface area contributed by atoms with Crippen LogP contribution in [0.3, 0.4) is 0 Å². The Labute approximate surface area is 119 Å². The molecule has 1 aliphatic heterocycles. The summed E-state index contributed by atoms with van der Waals surface area (Å²) in [5.74, 6) is -0.773. The third-order valence-corrected chi connectivity index (χ3v) is 3.75. The van der Waals surface area contributed by atoms with Gasteiger partial charge in [-0.15, -0.1) is 0 Å². The summed E-state index contributed by atoms with van der Waals surface area (Å²) in [7, 11) is 0. The van der Waals surface area contributed by atoms with E-state index in [0.29, 0.717) is 6.42 Å². The van der Waals surface area contributed by atoms with E-state index in [4.69, 9.17) is 18.0 Å². The number of likely N-dealkylation sites (tertiary alicyclic amines) is 1. The lowest BCUT2D eigenvalue weighted by atomic mass is 10.1. The maximum absolute atomic E-state index is 12.2. The molecule has 1 heterocycles. The van der Waals surface area contributed by atoms with Crippen LogP contribution in [0.2, 0.25) is 0 Å². The Kier molecular flexibility index (Phi) is 6.21. The molecule has 2 amide bonds. The van der Waals surface area contributed by atoms with E-state index < -0.39 is 12.0 Å². The molecule has 1 rings (SSSR count). The minimum Gasteiger partial charge on any atom is -0.393 e. The number of hydrogen-bond acceptors (Lipinski definition) is 3. The van der Waals surface area contributed by atoms with E-state index in [2.05, 4.69) is 5.32 Å². The molecule has 0 aromatic heterocycles. The summed E-state index contributed by atoms with van der Waals surface area (Å²) in [5.41, 5.74) is 5.52. The van der Waals surface area contributed by atoms with E-state index in [1.807, 2.05) is 11.8 Å². The summed E-state index contributed by atoms with van der Waals surface area (Å²) in [4.78, 5) is 26.1. The number of carbonyl (C=O) groups excluding carboxylic acids is 2. The average molecular weight is 285 g/mol. The van der Waals surface area contributed by atoms with Crippen LogP contribution >= 0.6 is 12.2 Å². The average Bonchev–Trinajstić information content (AvgIpc) is 2.39. The van der Waals surface area contributed by atoms with Gasteiger partial charge in [0.2, 0.25) is 11.8 Å². The van der Waals surface area contributed by atoms with Crippen LogP contribution in [0.1, 0.15) is 39.5 Å². The Balaban J connectivity index is 2.53. The van der Waals surface area contributed by atoms with Crippen LogP contribution in [0.4, 0.5) is 0 Å². The number of hydrogen-bond donors (Lipinski definition) is 2. The fourth-order valence-electron chi connectivity index (χ4n) is 2.28. The summed E-state index contributed by atoms with van der Waals surface area (Å²) >= 11 is 4.86. The predicted molar refractivity (Wildman–Crippen MR) is 78.6 cm³/mol. The second kappa shape index (κ2) is 7.43. The molecule has 0 spiro atoms. The van der Waals surface area contributed by atoms with E-state index in [0.717, 1.165) is 25.9 Å². The molecular weight excluding hydrogens is 262 g/mol. The van der Waals surface area contributed by atoms with Crippen molar-refractivity contribution >= 4 is 29.0 Å². The van der Waals surface area contributed by atoms with Crippen LogP contribution in [0.5, 0.6) is 0 Å². The number of amides is 2. The molecule has 3 N–H and O–H groups in total. The molecule has 1 aliphatic rings. The van der Waals surface area contributed by atoms with Gasteiger partial charge >= 0.3 is 0 Å². The van der Waals surface area contributed by atoms with Crippen LogP contribution < -0.4 is 11.1 Å². The van der Waals surface area contributed by atoms with E-state index in [-0.39, 0.29) is 16.8 Å². The fraction of sp³-hybridized carbons (Fsp3) is 0.769. The maximum Gasteiger partial charge on any atom is 0.244 e. The van der Waals surface area contributed by atoms with E-state index in [1.54, 1.807) is 6.92 Å². The Hall–Kier alpha value is -1.17. The second-order valence-corrected chi connectivity index (χ2v) is 5.45. The minimum absolute atomic E-state index is 0.0224. The molecule has 0 bridgehead atoms. The van der Waals surface area contributed by atoms with Gasteiger partial charge in [0.05, 0.1) is 10.9 Å². The highest BCUT2D eigenvalue weighted by Crippen LogP contribution is 2.10. The lowest BCUT2D eigenvalue weighted by Crippen LogP contribution is -2.50. The van der Waals surface area contributed by atoms with Gasteiger partial charge in [-0.1, -0.05) is 19.1 Å². The van der Waals surface area contributed by atoms with Crippen molar-refractivity contribution in [3.63, 3.8) is 0 Å². The van der Waals surface area contributed by atoms with Crippen molar-refractivity contribution in [2.24, 2.45) is 11.7 Å². The summed E-state index contributed by atoms with van der Waals surface area (Å²) in [6.07, 6.45) is 3.80. The first-order valence-corrected chi connectivity index (χ1v) is 7.26. The number of nitrogens with two attached hydrogens (primary N) is 1. The van der Waals surface area contributed by atoms with Gasteiger partial charge in [-0.25, -0.2) is 0 Å². The molecule has 6 heteroatoms. The van der Waals surface area contributed by atoms with Gasteiger partial charge in [-0.2, -0.15) is 0 Å². The van der Waals surface area contributed by atoms with Gasteiger partial charge in [-0.3, -0.25) is 9.59 Å². The summed E-state index contributed by atoms with van der Waals surface area (Å²) < 4.78 is 0. The fourth-order valence-corrected chi connectivity index (χ4v) is 2.55. The minimum atomic E-state index is -0.519. The first-order chi connectivity index (χ1) is 8.97. The van der Waals surface area contributed by atoms with Crippen molar-refractivity contribution in [3.05, 3.63) is 0 Å². The second-order valence-electron chi connectivity index (χ2n) is 4.98. The molecule has 2 unspecified atom stereocenters. The first kappa shape index (κ1) is 15.9. The number of carbonyl (C=O) groups is 2. The van der Waals surface area contributed by atoms with E-state index >= 15 is 0 Å². The van der Waals surface area contributed by atoms with Crippen molar-refractivity contribution in [1.29, 1.82) is 0 Å². The van der Waals surface area contributed by atoms with Crippen molar-refractivity contribution in [1.82, 2.24) is 10.2 Å². The van der Waals surface area contributed by atoms with Crippen LogP contribution in [0.25, 0.3) is 0 Å². The smallest absolute Gasteiger partial charge is 0.244 e. The summed E-state index contributed by atoms with van der Waals surface area (Å²) in [6, 6.07) is -0.519. The normalized spacial score (nSPS) is 18.5. The molecule has 0 aliphatic carbocycles. The van der Waals surface area contributed by atoms with Crippen molar-refractivity contribution in [2.45, 2.75) is 45.6 Å². The zero-order chi connectivity index (χ0) is 14.4. The molecule has 1 fully saturated rings. The number of piperidine rings is 1. The quantitative estimate of drug-likeness (QED) is 0.733. The van der Waals surface area contributed by atoms with Crippen LogP contribution in [0.15, 0.2) is 0 Å². The molecular formula is C13H23N3O2S. The Morgan fingerprint density at radius 3 is 2.37 bits per heavy atom. The lowest BCUT2D eigenvalue weighted by Gasteiger charge is -2.29. The Morgan fingerprint density at radius 1 is 1.32 bits per heavy atom. The molecule has 1 saturated heterocycles. The van der Waals surface area contributed by atoms with Gasteiger partial charge in [0, 0.05) is 13.1 Å². The highest BCUT2D eigenvalue weighted by molar-refractivity contribution is 7.80. The molecule has 19 heavy (non-hydrogen) atoms. The Bertz CT molecular complexity index is 354. The third-order valence-electron chi connectivity index (χ3n) is 3.47. The van der Waals surface area contributed by atoms with Crippen molar-refractivity contribution in [2.75, 3.05) is 13.1 Å². The Morgan fingerprint density at radius 2 is 1.89 bits per heavy atom. The van der Waals surface area contributed by atoms with Crippen LogP contribution in [-0.2, 0) is 9.59 Å². The van der Waals surface area contributed by atoms with Gasteiger partial charge in [0.25, 0.3) is 0 Å². The highest BCUT2D eigenvalue weighted by atomic mass is 32.1. The monoisotopic (exact) mass is 285 g/mol. The number of rotatable bonds is 5. The third kappa shape index (κ3) is 4.45. The van der Waals surface area contributed by atoms with E-state index in [9.17, 15) is 9.59 Å². The molecule has 0 radical (unpaired) electrons. The number of nitrogens with zero attached hydrogens (tertiary/aromatic N) is 1. The van der Waals surface area contributed by atoms with Gasteiger partial charge in [0.1, 0.15) is 6.04 Å². The summed E-state index contributed by atoms with van der Waals surface area (Å²) in [5, 5.41) is 2.71. The zero-order valence-electron chi connectivity index (χ0n) is 11.6. The largest absolute Gasteiger partial charge is 0.393 e. The molecule has 0 aromatic rings. The first-order valence-electron chi connectivity index (χ1n) is 6.85.